The Hall–Kier alpha value is -3.15. The lowest BCUT2D eigenvalue weighted by atomic mass is 9.88. The predicted octanol–water partition coefficient (Wildman–Crippen LogP) is 3.21. The smallest absolute Gasteiger partial charge is 0.227 e. The summed E-state index contributed by atoms with van der Waals surface area (Å²) in [6.45, 7) is 2.28. The summed E-state index contributed by atoms with van der Waals surface area (Å²) in [7, 11) is 1.60. The number of benzene rings is 2. The van der Waals surface area contributed by atoms with Crippen LogP contribution in [0.25, 0.3) is 0 Å². The van der Waals surface area contributed by atoms with Gasteiger partial charge in [-0.25, -0.2) is 0 Å². The van der Waals surface area contributed by atoms with Crippen molar-refractivity contribution < 1.29 is 19.1 Å². The fourth-order valence-corrected chi connectivity index (χ4v) is 4.67. The van der Waals surface area contributed by atoms with Crippen LogP contribution in [0.1, 0.15) is 35.2 Å². The number of ether oxygens (including phenoxy) is 1. The molecule has 0 spiro atoms. The van der Waals surface area contributed by atoms with E-state index >= 15 is 0 Å². The zero-order valence-electron chi connectivity index (χ0n) is 18.5. The average molecular weight is 435 g/mol. The van der Waals surface area contributed by atoms with Crippen LogP contribution in [0.15, 0.2) is 54.6 Å². The van der Waals surface area contributed by atoms with Crippen molar-refractivity contribution in [3.8, 4) is 5.75 Å². The number of carbonyl (C=O) groups excluding carboxylic acids is 3. The van der Waals surface area contributed by atoms with Crippen LogP contribution in [0.4, 0.5) is 0 Å². The number of amides is 2. The number of methoxy groups -OCH3 is 1. The predicted molar refractivity (Wildman–Crippen MR) is 121 cm³/mol. The van der Waals surface area contributed by atoms with Gasteiger partial charge in [-0.05, 0) is 49.1 Å². The van der Waals surface area contributed by atoms with Gasteiger partial charge < -0.3 is 14.5 Å². The lowest BCUT2D eigenvalue weighted by molar-refractivity contribution is -0.137. The fourth-order valence-electron chi connectivity index (χ4n) is 4.67. The molecule has 2 fully saturated rings. The van der Waals surface area contributed by atoms with E-state index in [-0.39, 0.29) is 29.4 Å². The molecule has 32 heavy (non-hydrogen) atoms. The minimum atomic E-state index is -0.271. The summed E-state index contributed by atoms with van der Waals surface area (Å²) < 4.78 is 5.15. The number of Topliss-reactive ketones (excluding diaryl/α,β-unsaturated/α-hetero) is 1. The number of hydrogen-bond donors (Lipinski definition) is 0. The van der Waals surface area contributed by atoms with Gasteiger partial charge in [-0.3, -0.25) is 14.4 Å². The Morgan fingerprint density at radius 2 is 1.66 bits per heavy atom. The molecular formula is C26H30N2O4. The molecule has 1 unspecified atom stereocenters. The average Bonchev–Trinajstić information content (AvgIpc) is 3.23. The molecule has 0 bridgehead atoms. The first-order valence-corrected chi connectivity index (χ1v) is 11.3. The Morgan fingerprint density at radius 3 is 2.31 bits per heavy atom. The number of hydrogen-bond acceptors (Lipinski definition) is 4. The molecular weight excluding hydrogens is 404 g/mol. The van der Waals surface area contributed by atoms with Gasteiger partial charge in [-0.1, -0.05) is 30.3 Å². The van der Waals surface area contributed by atoms with Crippen LogP contribution in [0.3, 0.4) is 0 Å². The molecule has 0 aliphatic carbocycles. The Kier molecular flexibility index (Phi) is 6.88. The Labute approximate surface area is 189 Å². The zero-order valence-corrected chi connectivity index (χ0v) is 18.5. The van der Waals surface area contributed by atoms with E-state index < -0.39 is 0 Å². The van der Waals surface area contributed by atoms with Crippen molar-refractivity contribution in [1.29, 1.82) is 0 Å². The Balaban J connectivity index is 1.26. The van der Waals surface area contributed by atoms with Crippen LogP contribution in [-0.2, 0) is 16.0 Å². The van der Waals surface area contributed by atoms with Gasteiger partial charge in [-0.2, -0.15) is 0 Å². The highest BCUT2D eigenvalue weighted by molar-refractivity contribution is 5.98. The summed E-state index contributed by atoms with van der Waals surface area (Å²) >= 11 is 0. The normalized spacial score (nSPS) is 19.3. The number of carbonyl (C=O) groups is 3. The van der Waals surface area contributed by atoms with Gasteiger partial charge in [0.25, 0.3) is 0 Å². The molecule has 1 atom stereocenters. The van der Waals surface area contributed by atoms with E-state index in [1.54, 1.807) is 31.4 Å². The molecule has 0 N–H and O–H groups in total. The monoisotopic (exact) mass is 434 g/mol. The molecule has 6 heteroatoms. The van der Waals surface area contributed by atoms with E-state index in [1.807, 2.05) is 28.0 Å². The largest absolute Gasteiger partial charge is 0.497 e. The number of piperidine rings is 1. The maximum Gasteiger partial charge on any atom is 0.227 e. The van der Waals surface area contributed by atoms with Crippen molar-refractivity contribution >= 4 is 17.6 Å². The van der Waals surface area contributed by atoms with Crippen molar-refractivity contribution in [3.05, 3.63) is 65.7 Å². The third-order valence-electron chi connectivity index (χ3n) is 6.63. The summed E-state index contributed by atoms with van der Waals surface area (Å²) in [6, 6.07) is 17.3. The number of rotatable bonds is 7. The molecule has 6 nitrogen and oxygen atoms in total. The quantitative estimate of drug-likeness (QED) is 0.628. The molecule has 2 aromatic carbocycles. The van der Waals surface area contributed by atoms with E-state index in [2.05, 4.69) is 12.1 Å². The zero-order chi connectivity index (χ0) is 22.5. The SMILES string of the molecule is COc1ccc(C(=O)C2CCN(C(=O)C3CC(=O)N(CCc4ccccc4)C3)CC2)cc1. The number of nitrogens with zero attached hydrogens (tertiary/aromatic N) is 2. The second-order valence-electron chi connectivity index (χ2n) is 8.67. The minimum absolute atomic E-state index is 0.0518. The van der Waals surface area contributed by atoms with E-state index in [0.29, 0.717) is 51.0 Å². The van der Waals surface area contributed by atoms with Gasteiger partial charge in [0.05, 0.1) is 13.0 Å². The van der Waals surface area contributed by atoms with Crippen LogP contribution >= 0.6 is 0 Å². The molecule has 2 heterocycles. The first-order chi connectivity index (χ1) is 15.5. The molecule has 4 rings (SSSR count). The van der Waals surface area contributed by atoms with Crippen molar-refractivity contribution in [2.45, 2.75) is 25.7 Å². The van der Waals surface area contributed by atoms with Crippen LogP contribution in [0, 0.1) is 11.8 Å². The minimum Gasteiger partial charge on any atom is -0.497 e. The number of ketones is 1. The molecule has 2 amide bonds. The summed E-state index contributed by atoms with van der Waals surface area (Å²) in [5.41, 5.74) is 1.88. The standard InChI is InChI=1S/C26H30N2O4/c1-32-23-9-7-20(8-10-23)25(30)21-12-15-27(16-13-21)26(31)22-17-24(29)28(18-22)14-11-19-5-3-2-4-6-19/h2-10,21-22H,11-18H2,1H3. The summed E-state index contributed by atoms with van der Waals surface area (Å²) in [5, 5.41) is 0. The Bertz CT molecular complexity index is 950. The van der Waals surface area contributed by atoms with Crippen molar-refractivity contribution in [2.24, 2.45) is 11.8 Å². The maximum atomic E-state index is 13.0. The van der Waals surface area contributed by atoms with Crippen LogP contribution < -0.4 is 4.74 Å². The van der Waals surface area contributed by atoms with E-state index in [0.717, 1.165) is 12.2 Å². The third kappa shape index (κ3) is 5.01. The molecule has 2 saturated heterocycles. The van der Waals surface area contributed by atoms with E-state index in [4.69, 9.17) is 4.74 Å². The van der Waals surface area contributed by atoms with Crippen LogP contribution in [0.5, 0.6) is 5.75 Å². The van der Waals surface area contributed by atoms with Gasteiger partial charge in [0.15, 0.2) is 5.78 Å². The first kappa shape index (κ1) is 22.1. The molecule has 0 radical (unpaired) electrons. The van der Waals surface area contributed by atoms with Crippen molar-refractivity contribution in [1.82, 2.24) is 9.80 Å². The summed E-state index contributed by atoms with van der Waals surface area (Å²) in [6.07, 6.45) is 2.41. The summed E-state index contributed by atoms with van der Waals surface area (Å²) in [5.74, 6) is 0.626. The maximum absolute atomic E-state index is 13.0. The van der Waals surface area contributed by atoms with Crippen LogP contribution in [0.2, 0.25) is 0 Å². The van der Waals surface area contributed by atoms with Gasteiger partial charge in [0.2, 0.25) is 11.8 Å². The second-order valence-corrected chi connectivity index (χ2v) is 8.67. The molecule has 168 valence electrons. The highest BCUT2D eigenvalue weighted by atomic mass is 16.5. The molecule has 2 aromatic rings. The number of likely N-dealkylation sites (tertiary alicyclic amines) is 2. The van der Waals surface area contributed by atoms with Gasteiger partial charge in [0, 0.05) is 44.1 Å². The Morgan fingerprint density at radius 1 is 0.969 bits per heavy atom. The van der Waals surface area contributed by atoms with E-state index in [1.165, 1.54) is 5.56 Å². The van der Waals surface area contributed by atoms with Crippen molar-refractivity contribution in [2.75, 3.05) is 33.3 Å². The third-order valence-corrected chi connectivity index (χ3v) is 6.63. The lowest BCUT2D eigenvalue weighted by Gasteiger charge is -2.33. The fraction of sp³-hybridized carbons (Fsp3) is 0.423. The van der Waals surface area contributed by atoms with Gasteiger partial charge in [-0.15, -0.1) is 0 Å². The molecule has 2 aliphatic heterocycles. The van der Waals surface area contributed by atoms with Gasteiger partial charge >= 0.3 is 0 Å². The summed E-state index contributed by atoms with van der Waals surface area (Å²) in [4.78, 5) is 41.9. The first-order valence-electron chi connectivity index (χ1n) is 11.3. The van der Waals surface area contributed by atoms with Gasteiger partial charge in [0.1, 0.15) is 5.75 Å². The van der Waals surface area contributed by atoms with Crippen molar-refractivity contribution in [3.63, 3.8) is 0 Å². The van der Waals surface area contributed by atoms with Crippen LogP contribution in [-0.4, -0.2) is 60.7 Å². The topological polar surface area (TPSA) is 66.9 Å². The second kappa shape index (κ2) is 9.98. The highest BCUT2D eigenvalue weighted by Gasteiger charge is 2.38. The highest BCUT2D eigenvalue weighted by Crippen LogP contribution is 2.26. The molecule has 0 saturated carbocycles. The van der Waals surface area contributed by atoms with E-state index in [9.17, 15) is 14.4 Å². The molecule has 0 aromatic heterocycles. The molecule has 2 aliphatic rings. The lowest BCUT2D eigenvalue weighted by Crippen LogP contribution is -2.43.